The van der Waals surface area contributed by atoms with Crippen LogP contribution < -0.4 is 14.4 Å². The number of hydrogen-bond donors (Lipinski definition) is 1. The van der Waals surface area contributed by atoms with Crippen molar-refractivity contribution in [3.8, 4) is 22.9 Å². The van der Waals surface area contributed by atoms with Gasteiger partial charge in [-0.05, 0) is 88.4 Å². The van der Waals surface area contributed by atoms with Gasteiger partial charge in [-0.2, -0.15) is 15.1 Å². The highest BCUT2D eigenvalue weighted by molar-refractivity contribution is 6.09. The molecular formula is C36H40N8O3. The van der Waals surface area contributed by atoms with Crippen LogP contribution in [0.25, 0.3) is 37.8 Å². The molecule has 3 aliphatic heterocycles. The molecule has 4 fully saturated rings. The van der Waals surface area contributed by atoms with E-state index in [0.29, 0.717) is 35.6 Å². The zero-order chi connectivity index (χ0) is 32.3. The fourth-order valence-electron chi connectivity index (χ4n) is 7.67. The number of nitrogens with zero attached hydrogens (tertiary/aromatic N) is 7. The van der Waals surface area contributed by atoms with Crippen LogP contribution in [0.4, 0.5) is 11.5 Å². The van der Waals surface area contributed by atoms with E-state index in [1.807, 2.05) is 23.2 Å². The number of benzene rings is 2. The summed E-state index contributed by atoms with van der Waals surface area (Å²) in [5.74, 6) is 1.39. The zero-order valence-corrected chi connectivity index (χ0v) is 27.1. The van der Waals surface area contributed by atoms with Gasteiger partial charge in [0.05, 0.1) is 24.4 Å². The molecule has 1 aliphatic carbocycles. The lowest BCUT2D eigenvalue weighted by Crippen LogP contribution is -2.61. The first-order valence-electron chi connectivity index (χ1n) is 16.7. The molecule has 47 heavy (non-hydrogen) atoms. The Balaban J connectivity index is 1.25. The lowest BCUT2D eigenvalue weighted by atomic mass is 9.72. The van der Waals surface area contributed by atoms with E-state index in [4.69, 9.17) is 26.0 Å². The molecule has 8 rings (SSSR count). The van der Waals surface area contributed by atoms with Crippen molar-refractivity contribution in [1.82, 2.24) is 30.0 Å². The third-order valence-electron chi connectivity index (χ3n) is 10.6. The first kappa shape index (κ1) is 29.7. The Morgan fingerprint density at radius 3 is 2.66 bits per heavy atom. The number of aromatic amines is 1. The Morgan fingerprint density at radius 1 is 1.15 bits per heavy atom. The first-order valence-corrected chi connectivity index (χ1v) is 16.7. The highest BCUT2D eigenvalue weighted by atomic mass is 16.5. The number of nitrogens with one attached hydrogen (secondary N) is 1. The average molecular weight is 633 g/mol. The van der Waals surface area contributed by atoms with E-state index in [0.717, 1.165) is 110 Å². The summed E-state index contributed by atoms with van der Waals surface area (Å²) < 4.78 is 13.2. The van der Waals surface area contributed by atoms with Crippen LogP contribution in [-0.4, -0.2) is 94.4 Å². The topological polar surface area (TPSA) is 104 Å². The van der Waals surface area contributed by atoms with Crippen LogP contribution >= 0.6 is 0 Å². The minimum Gasteiger partial charge on any atom is -0.489 e. The van der Waals surface area contributed by atoms with E-state index in [9.17, 15) is 4.79 Å². The average Bonchev–Trinajstić information content (AvgIpc) is 3.59. The van der Waals surface area contributed by atoms with Crippen molar-refractivity contribution < 1.29 is 14.3 Å². The Labute approximate surface area is 274 Å². The molecule has 1 saturated carbocycles. The molecule has 2 aromatic carbocycles. The van der Waals surface area contributed by atoms with Crippen molar-refractivity contribution in [2.24, 2.45) is 5.41 Å². The number of piperidine rings is 1. The normalized spacial score (nSPS) is 20.8. The Kier molecular flexibility index (Phi) is 7.28. The number of amides is 1. The van der Waals surface area contributed by atoms with Gasteiger partial charge in [0.15, 0.2) is 5.69 Å². The third kappa shape index (κ3) is 5.25. The minimum absolute atomic E-state index is 0.00145. The van der Waals surface area contributed by atoms with E-state index >= 15 is 0 Å². The van der Waals surface area contributed by atoms with Crippen LogP contribution in [0.15, 0.2) is 37.1 Å². The van der Waals surface area contributed by atoms with Gasteiger partial charge in [0, 0.05) is 54.0 Å². The molecule has 11 nitrogen and oxygen atoms in total. The number of likely N-dealkylation sites (tertiary alicyclic amines) is 2. The third-order valence-corrected chi connectivity index (χ3v) is 10.6. The molecule has 0 unspecified atom stereocenters. The van der Waals surface area contributed by atoms with E-state index in [2.05, 4.69) is 51.5 Å². The van der Waals surface area contributed by atoms with Crippen molar-refractivity contribution >= 4 is 39.2 Å². The van der Waals surface area contributed by atoms with Gasteiger partial charge < -0.3 is 24.2 Å². The van der Waals surface area contributed by atoms with Crippen LogP contribution in [-0.2, 0) is 4.79 Å². The summed E-state index contributed by atoms with van der Waals surface area (Å²) in [4.78, 5) is 32.9. The van der Waals surface area contributed by atoms with Gasteiger partial charge in [-0.3, -0.25) is 9.89 Å². The van der Waals surface area contributed by atoms with E-state index in [1.54, 1.807) is 0 Å². The predicted molar refractivity (Wildman–Crippen MR) is 181 cm³/mol. The number of rotatable bonds is 8. The Morgan fingerprint density at radius 2 is 1.96 bits per heavy atom. The molecule has 0 radical (unpaired) electrons. The van der Waals surface area contributed by atoms with Gasteiger partial charge in [-0.25, -0.2) is 4.85 Å². The summed E-state index contributed by atoms with van der Waals surface area (Å²) in [6.07, 6.45) is 9.36. The maximum Gasteiger partial charge on any atom is 0.319 e. The van der Waals surface area contributed by atoms with E-state index in [-0.39, 0.29) is 17.4 Å². The summed E-state index contributed by atoms with van der Waals surface area (Å²) in [5, 5.41) is 9.15. The molecule has 1 amide bonds. The molecule has 1 N–H and O–H groups in total. The molecule has 1 spiro atoms. The molecule has 4 aliphatic rings. The number of anilines is 1. The van der Waals surface area contributed by atoms with Crippen LogP contribution in [0, 0.1) is 18.9 Å². The van der Waals surface area contributed by atoms with Crippen molar-refractivity contribution in [3.63, 3.8) is 0 Å². The number of fused-ring (bicyclic) bond motifs is 2. The molecule has 11 heteroatoms. The van der Waals surface area contributed by atoms with Crippen LogP contribution in [0.3, 0.4) is 0 Å². The fourth-order valence-corrected chi connectivity index (χ4v) is 7.67. The number of carbonyl (C=O) groups excluding carboxylic acids is 1. The highest BCUT2D eigenvalue weighted by Gasteiger charge is 2.46. The molecule has 4 aromatic rings. The summed E-state index contributed by atoms with van der Waals surface area (Å²) in [6.45, 7) is 18.8. The number of aromatic nitrogens is 4. The Bertz CT molecular complexity index is 1930. The summed E-state index contributed by atoms with van der Waals surface area (Å²) in [7, 11) is 2.14. The summed E-state index contributed by atoms with van der Waals surface area (Å²) in [5.41, 5.74) is 4.91. The summed E-state index contributed by atoms with van der Waals surface area (Å²) in [6, 6.07) is 6.67. The van der Waals surface area contributed by atoms with Crippen molar-refractivity contribution in [2.75, 3.05) is 51.3 Å². The van der Waals surface area contributed by atoms with E-state index < -0.39 is 0 Å². The molecule has 242 valence electrons. The molecule has 3 saturated heterocycles. The quantitative estimate of drug-likeness (QED) is 0.196. The lowest BCUT2D eigenvalue weighted by Gasteiger charge is -2.54. The Hall–Kier alpha value is -4.69. The first-order chi connectivity index (χ1) is 22.9. The maximum absolute atomic E-state index is 12.2. The van der Waals surface area contributed by atoms with Gasteiger partial charge in [-0.15, -0.1) is 0 Å². The van der Waals surface area contributed by atoms with Crippen LogP contribution in [0.2, 0.25) is 0 Å². The van der Waals surface area contributed by atoms with Crippen molar-refractivity contribution in [1.29, 1.82) is 0 Å². The molecule has 2 aromatic heterocycles. The zero-order valence-electron chi connectivity index (χ0n) is 27.1. The molecular weight excluding hydrogens is 592 g/mol. The largest absolute Gasteiger partial charge is 0.489 e. The standard InChI is InChI=1S/C36H40N8O3/c1-5-29(45)44-20-36(21-44)12-15-43(16-13-36)34-25-17-28(37-3)31(30-22(2)8-11-27-26(30)18-38-41-27)33(47-24-9-10-24)32(25)39-35(40-34)46-19-23-7-6-14-42(23)4/h5,8,11,17-18,23-24H,1,6-7,9-10,12-16,19-21H2,2,4H3,(H,38,41)/t23-/m0/s1. The number of hydrogen-bond acceptors (Lipinski definition) is 8. The van der Waals surface area contributed by atoms with Gasteiger partial charge in [-0.1, -0.05) is 12.6 Å². The second-order valence-corrected chi connectivity index (χ2v) is 13.8. The SMILES string of the molecule is [C-]#[N+]c1cc2c(N3CCC4(CC3)CN(C(=O)C=C)C4)nc(OC[C@@H]3CCCN3C)nc2c(OC2CC2)c1-c1c(C)ccc2[nH]ncc12. The number of aryl methyl sites for hydroxylation is 1. The number of carbonyl (C=O) groups is 1. The van der Waals surface area contributed by atoms with Gasteiger partial charge in [0.2, 0.25) is 5.91 Å². The van der Waals surface area contributed by atoms with Gasteiger partial charge >= 0.3 is 6.01 Å². The van der Waals surface area contributed by atoms with Crippen LogP contribution in [0.1, 0.15) is 44.1 Å². The molecule has 5 heterocycles. The smallest absolute Gasteiger partial charge is 0.319 e. The van der Waals surface area contributed by atoms with Crippen LogP contribution in [0.5, 0.6) is 11.8 Å². The maximum atomic E-state index is 12.2. The number of likely N-dealkylation sites (N-methyl/N-ethyl adjacent to an activating group) is 1. The minimum atomic E-state index is 0.00145. The van der Waals surface area contributed by atoms with Gasteiger partial charge in [0.25, 0.3) is 0 Å². The van der Waals surface area contributed by atoms with E-state index in [1.165, 1.54) is 6.08 Å². The summed E-state index contributed by atoms with van der Waals surface area (Å²) >= 11 is 0. The second-order valence-electron chi connectivity index (χ2n) is 13.8. The molecule has 0 bridgehead atoms. The number of ether oxygens (including phenoxy) is 2. The molecule has 1 atom stereocenters. The van der Waals surface area contributed by atoms with Gasteiger partial charge in [0.1, 0.15) is 23.7 Å². The number of H-pyrrole nitrogens is 1. The monoisotopic (exact) mass is 632 g/mol. The fraction of sp³-hybridized carbons (Fsp3) is 0.472. The highest BCUT2D eigenvalue weighted by Crippen LogP contribution is 2.51. The van der Waals surface area contributed by atoms with Crippen molar-refractivity contribution in [2.45, 2.75) is 57.6 Å². The second kappa shape index (κ2) is 11.5. The lowest BCUT2D eigenvalue weighted by molar-refractivity contribution is -0.139. The van der Waals surface area contributed by atoms with Crippen molar-refractivity contribution in [3.05, 3.63) is 54.0 Å². The predicted octanol–water partition coefficient (Wildman–Crippen LogP) is 5.66.